The Morgan fingerprint density at radius 3 is 2.03 bits per heavy atom. The highest BCUT2D eigenvalue weighted by atomic mass is 19.1. The predicted molar refractivity (Wildman–Crippen MR) is 120 cm³/mol. The third-order valence-electron chi connectivity index (χ3n) is 5.06. The molecule has 30 heavy (non-hydrogen) atoms. The zero-order valence-electron chi connectivity index (χ0n) is 16.9. The molecule has 0 aliphatic carbocycles. The molecule has 4 aromatic rings. The number of carbonyl (C=O) groups excluding carboxylic acids is 1. The van der Waals surface area contributed by atoms with Crippen molar-refractivity contribution < 1.29 is 9.18 Å². The number of benzene rings is 3. The average Bonchev–Trinajstić information content (AvgIpc) is 3.17. The van der Waals surface area contributed by atoms with Crippen LogP contribution in [0.25, 0.3) is 22.4 Å². The molecule has 0 atom stereocenters. The van der Waals surface area contributed by atoms with Crippen LogP contribution < -0.4 is 5.32 Å². The number of carbonyl (C=O) groups is 1. The molecule has 0 aliphatic heterocycles. The van der Waals surface area contributed by atoms with Crippen LogP contribution >= 0.6 is 0 Å². The lowest BCUT2D eigenvalue weighted by molar-refractivity contribution is 0.102. The molecule has 0 unspecified atom stereocenters. The molecule has 0 spiro atoms. The highest BCUT2D eigenvalue weighted by molar-refractivity contribution is 6.12. The first kappa shape index (κ1) is 19.6. The van der Waals surface area contributed by atoms with Gasteiger partial charge in [0.2, 0.25) is 0 Å². The minimum absolute atomic E-state index is 0.0955. The van der Waals surface area contributed by atoms with Gasteiger partial charge in [-0.25, -0.2) is 4.39 Å². The summed E-state index contributed by atoms with van der Waals surface area (Å²) < 4.78 is 13.5. The molecule has 0 radical (unpaired) electrons. The Balaban J connectivity index is 1.93. The second-order valence-electron chi connectivity index (χ2n) is 7.51. The van der Waals surface area contributed by atoms with Gasteiger partial charge in [-0.3, -0.25) is 4.79 Å². The third kappa shape index (κ3) is 3.90. The molecule has 0 saturated carbocycles. The fourth-order valence-electron chi connectivity index (χ4n) is 3.63. The second kappa shape index (κ2) is 8.37. The van der Waals surface area contributed by atoms with E-state index in [4.69, 9.17) is 0 Å². The fourth-order valence-corrected chi connectivity index (χ4v) is 3.63. The average molecular weight is 398 g/mol. The van der Waals surface area contributed by atoms with Gasteiger partial charge in [-0.1, -0.05) is 62.4 Å². The predicted octanol–water partition coefficient (Wildman–Crippen LogP) is 6.86. The van der Waals surface area contributed by atoms with E-state index < -0.39 is 0 Å². The molecule has 150 valence electrons. The minimum atomic E-state index is -0.294. The summed E-state index contributed by atoms with van der Waals surface area (Å²) in [4.78, 5) is 16.9. The number of hydrogen-bond donors (Lipinski definition) is 2. The second-order valence-corrected chi connectivity index (χ2v) is 7.51. The fraction of sp³-hybridized carbons (Fsp3) is 0.115. The van der Waals surface area contributed by atoms with Gasteiger partial charge in [-0.15, -0.1) is 0 Å². The van der Waals surface area contributed by atoms with Crippen molar-refractivity contribution in [3.05, 3.63) is 102 Å². The van der Waals surface area contributed by atoms with Crippen molar-refractivity contribution >= 4 is 11.6 Å². The molecule has 4 heteroatoms. The SMILES string of the molecule is CC(C)c1[nH]c(-c2ccc(F)cc2)c(-c2ccccc2)c1C(=O)Nc1ccccc1. The van der Waals surface area contributed by atoms with Crippen molar-refractivity contribution in [2.75, 3.05) is 5.32 Å². The van der Waals surface area contributed by atoms with Gasteiger partial charge in [0, 0.05) is 16.9 Å². The van der Waals surface area contributed by atoms with Crippen molar-refractivity contribution in [2.24, 2.45) is 0 Å². The summed E-state index contributed by atoms with van der Waals surface area (Å²) in [6.45, 7) is 4.10. The molecule has 0 aliphatic rings. The van der Waals surface area contributed by atoms with Crippen molar-refractivity contribution in [3.63, 3.8) is 0 Å². The van der Waals surface area contributed by atoms with Gasteiger partial charge < -0.3 is 10.3 Å². The number of para-hydroxylation sites is 1. The number of H-pyrrole nitrogens is 1. The number of halogens is 1. The maximum absolute atomic E-state index is 13.5. The van der Waals surface area contributed by atoms with Crippen LogP contribution in [0, 0.1) is 5.82 Å². The van der Waals surface area contributed by atoms with Crippen molar-refractivity contribution in [1.82, 2.24) is 4.98 Å². The molecular formula is C26H23FN2O. The van der Waals surface area contributed by atoms with Gasteiger partial charge in [-0.05, 0) is 53.4 Å². The molecule has 0 bridgehead atoms. The molecule has 0 saturated heterocycles. The number of aromatic amines is 1. The summed E-state index contributed by atoms with van der Waals surface area (Å²) >= 11 is 0. The summed E-state index contributed by atoms with van der Waals surface area (Å²) in [5.74, 6) is -0.371. The van der Waals surface area contributed by atoms with E-state index in [1.54, 1.807) is 12.1 Å². The first-order chi connectivity index (χ1) is 14.5. The Hall–Kier alpha value is -3.66. The third-order valence-corrected chi connectivity index (χ3v) is 5.06. The van der Waals surface area contributed by atoms with E-state index in [2.05, 4.69) is 10.3 Å². The van der Waals surface area contributed by atoms with Crippen molar-refractivity contribution in [1.29, 1.82) is 0 Å². The Morgan fingerprint density at radius 1 is 0.833 bits per heavy atom. The van der Waals surface area contributed by atoms with E-state index in [1.807, 2.05) is 74.5 Å². The van der Waals surface area contributed by atoms with Gasteiger partial charge >= 0.3 is 0 Å². The van der Waals surface area contributed by atoms with E-state index in [1.165, 1.54) is 12.1 Å². The molecule has 2 N–H and O–H groups in total. The van der Waals surface area contributed by atoms with Crippen LogP contribution in [0.4, 0.5) is 10.1 Å². The highest BCUT2D eigenvalue weighted by Crippen LogP contribution is 2.39. The highest BCUT2D eigenvalue weighted by Gasteiger charge is 2.26. The molecule has 1 heterocycles. The summed E-state index contributed by atoms with van der Waals surface area (Å²) in [7, 11) is 0. The van der Waals surface area contributed by atoms with E-state index in [-0.39, 0.29) is 17.6 Å². The standard InChI is InChI=1S/C26H23FN2O/c1-17(2)24-23(26(30)28-21-11-7-4-8-12-21)22(18-9-5-3-6-10-18)25(29-24)19-13-15-20(27)16-14-19/h3-17,29H,1-2H3,(H,28,30). The summed E-state index contributed by atoms with van der Waals surface area (Å²) in [6, 6.07) is 25.6. The van der Waals surface area contributed by atoms with Crippen molar-refractivity contribution in [3.8, 4) is 22.4 Å². The lowest BCUT2D eigenvalue weighted by Gasteiger charge is -2.11. The lowest BCUT2D eigenvalue weighted by atomic mass is 9.94. The van der Waals surface area contributed by atoms with Crippen molar-refractivity contribution in [2.45, 2.75) is 19.8 Å². The van der Waals surface area contributed by atoms with Crippen LogP contribution in [0.3, 0.4) is 0 Å². The van der Waals surface area contributed by atoms with E-state index in [0.29, 0.717) is 5.56 Å². The summed E-state index contributed by atoms with van der Waals surface area (Å²) in [5.41, 5.74) is 5.58. The normalized spacial score (nSPS) is 10.9. The van der Waals surface area contributed by atoms with E-state index >= 15 is 0 Å². The molecule has 4 rings (SSSR count). The smallest absolute Gasteiger partial charge is 0.258 e. The summed E-state index contributed by atoms with van der Waals surface area (Å²) in [6.07, 6.45) is 0. The monoisotopic (exact) mass is 398 g/mol. The first-order valence-electron chi connectivity index (χ1n) is 9.98. The minimum Gasteiger partial charge on any atom is -0.357 e. The molecule has 0 fully saturated rings. The molecule has 1 aromatic heterocycles. The van der Waals surface area contributed by atoms with E-state index in [9.17, 15) is 9.18 Å². The van der Waals surface area contributed by atoms with Gasteiger partial charge in [0.1, 0.15) is 5.82 Å². The van der Waals surface area contributed by atoms with Gasteiger partial charge in [-0.2, -0.15) is 0 Å². The Labute approximate surface area is 175 Å². The molecular weight excluding hydrogens is 375 g/mol. The number of aromatic nitrogens is 1. The lowest BCUT2D eigenvalue weighted by Crippen LogP contribution is -2.14. The van der Waals surface area contributed by atoms with Gasteiger partial charge in [0.05, 0.1) is 11.3 Å². The van der Waals surface area contributed by atoms with Crippen LogP contribution in [-0.2, 0) is 0 Å². The Bertz CT molecular complexity index is 1150. The maximum Gasteiger partial charge on any atom is 0.258 e. The number of hydrogen-bond acceptors (Lipinski definition) is 1. The quantitative estimate of drug-likeness (QED) is 0.379. The summed E-state index contributed by atoms with van der Waals surface area (Å²) in [5, 5.41) is 3.02. The van der Waals surface area contributed by atoms with Crippen LogP contribution in [0.1, 0.15) is 35.8 Å². The van der Waals surface area contributed by atoms with Crippen LogP contribution in [0.5, 0.6) is 0 Å². The number of rotatable bonds is 5. The maximum atomic E-state index is 13.5. The van der Waals surface area contributed by atoms with Crippen LogP contribution in [0.15, 0.2) is 84.9 Å². The number of anilines is 1. The Morgan fingerprint density at radius 2 is 1.43 bits per heavy atom. The topological polar surface area (TPSA) is 44.9 Å². The van der Waals surface area contributed by atoms with Crippen LogP contribution in [-0.4, -0.2) is 10.9 Å². The van der Waals surface area contributed by atoms with Crippen LogP contribution in [0.2, 0.25) is 0 Å². The van der Waals surface area contributed by atoms with Gasteiger partial charge in [0.25, 0.3) is 5.91 Å². The number of amides is 1. The zero-order valence-corrected chi connectivity index (χ0v) is 16.9. The molecule has 1 amide bonds. The van der Waals surface area contributed by atoms with Gasteiger partial charge in [0.15, 0.2) is 0 Å². The van der Waals surface area contributed by atoms with E-state index in [0.717, 1.165) is 33.8 Å². The zero-order chi connectivity index (χ0) is 21.1. The molecule has 3 aromatic carbocycles. The Kier molecular flexibility index (Phi) is 5.48. The largest absolute Gasteiger partial charge is 0.357 e. The number of nitrogens with one attached hydrogen (secondary N) is 2. The molecule has 3 nitrogen and oxygen atoms in total. The first-order valence-corrected chi connectivity index (χ1v) is 9.98.